The van der Waals surface area contributed by atoms with Crippen molar-refractivity contribution < 1.29 is 94.1 Å². The zero-order valence-corrected chi connectivity index (χ0v) is 24.6. The number of aliphatic hydroxyl groups is 10. The molecule has 4 aliphatic heterocycles. The van der Waals surface area contributed by atoms with Crippen LogP contribution in [0, 0.1) is 0 Å². The molecule has 0 saturated carbocycles. The summed E-state index contributed by atoms with van der Waals surface area (Å²) in [5.41, 5.74) is 0. The van der Waals surface area contributed by atoms with Crippen molar-refractivity contribution in [2.75, 3.05) is 6.61 Å². The third kappa shape index (κ3) is 7.29. The van der Waals surface area contributed by atoms with Crippen LogP contribution in [0.1, 0.15) is 27.2 Å². The molecular formula is C26H44O19. The van der Waals surface area contributed by atoms with Crippen molar-refractivity contribution in [3.8, 4) is 0 Å². The molecule has 1 unspecified atom stereocenters. The number of carboxylic acids is 1. The van der Waals surface area contributed by atoms with Gasteiger partial charge in [-0.15, -0.1) is 0 Å². The quantitative estimate of drug-likeness (QED) is 0.110. The molecule has 19 nitrogen and oxygen atoms in total. The second-order valence-electron chi connectivity index (χ2n) is 11.7. The van der Waals surface area contributed by atoms with E-state index >= 15 is 0 Å². The molecule has 4 fully saturated rings. The van der Waals surface area contributed by atoms with Crippen molar-refractivity contribution in [2.45, 2.75) is 150 Å². The largest absolute Gasteiger partial charge is 0.479 e. The number of carboxylic acid groups (broad SMARTS) is 1. The zero-order chi connectivity index (χ0) is 33.5. The van der Waals surface area contributed by atoms with Crippen LogP contribution in [0.15, 0.2) is 0 Å². The summed E-state index contributed by atoms with van der Waals surface area (Å²) >= 11 is 0. The fraction of sp³-hybridized carbons (Fsp3) is 0.962. The van der Waals surface area contributed by atoms with Gasteiger partial charge in [0.05, 0.1) is 24.9 Å². The van der Waals surface area contributed by atoms with Crippen LogP contribution in [0.3, 0.4) is 0 Å². The van der Waals surface area contributed by atoms with E-state index in [9.17, 15) is 61.0 Å². The lowest BCUT2D eigenvalue weighted by atomic mass is 9.93. The topological polar surface area (TPSA) is 304 Å². The van der Waals surface area contributed by atoms with Crippen LogP contribution < -0.4 is 0 Å². The monoisotopic (exact) mass is 660 g/mol. The van der Waals surface area contributed by atoms with Crippen molar-refractivity contribution >= 4 is 5.97 Å². The maximum absolute atomic E-state index is 12.2. The molecule has 0 bridgehead atoms. The molecule has 0 aromatic rings. The SMILES string of the molecule is CC[C@H]1O[C@@H](O[C@H]2[C@H](O[C@H]3[C@H](O)[C@@H](OC4O[C@@H](C)[C@H](O)[C@@H](O)[C@H]4O)[C@H](C)O[C@@H]3C(=O)O)O[C@H](CO)[C@H](O)[C@@H]2O)[C@H](O)[C@@H](O)[C@@H]1O. The molecule has 4 saturated heterocycles. The van der Waals surface area contributed by atoms with Gasteiger partial charge in [-0.3, -0.25) is 0 Å². The maximum Gasteiger partial charge on any atom is 0.335 e. The van der Waals surface area contributed by atoms with Gasteiger partial charge in [-0.05, 0) is 20.3 Å². The molecule has 4 aliphatic rings. The Hall–Kier alpha value is -1.21. The fourth-order valence-electron chi connectivity index (χ4n) is 5.84. The molecule has 45 heavy (non-hydrogen) atoms. The van der Waals surface area contributed by atoms with Crippen molar-refractivity contribution in [2.24, 2.45) is 0 Å². The summed E-state index contributed by atoms with van der Waals surface area (Å²) in [6.07, 6.45) is -32.5. The molecule has 0 aromatic carbocycles. The lowest BCUT2D eigenvalue weighted by molar-refractivity contribution is -0.385. The van der Waals surface area contributed by atoms with Gasteiger partial charge in [-0.25, -0.2) is 4.79 Å². The zero-order valence-electron chi connectivity index (χ0n) is 24.6. The highest BCUT2D eigenvalue weighted by Gasteiger charge is 2.56. The van der Waals surface area contributed by atoms with E-state index in [1.54, 1.807) is 6.92 Å². The van der Waals surface area contributed by atoms with Gasteiger partial charge in [0.25, 0.3) is 0 Å². The first-order chi connectivity index (χ1) is 21.1. The summed E-state index contributed by atoms with van der Waals surface area (Å²) in [7, 11) is 0. The van der Waals surface area contributed by atoms with Crippen LogP contribution in [-0.4, -0.2) is 191 Å². The number of carbonyl (C=O) groups is 1. The lowest BCUT2D eigenvalue weighted by Gasteiger charge is -2.49. The number of ether oxygens (including phenoxy) is 7. The highest BCUT2D eigenvalue weighted by molar-refractivity contribution is 5.73. The normalized spacial score (nSPS) is 52.8. The summed E-state index contributed by atoms with van der Waals surface area (Å²) in [5.74, 6) is -1.60. The van der Waals surface area contributed by atoms with Crippen molar-refractivity contribution in [3.63, 3.8) is 0 Å². The van der Waals surface area contributed by atoms with Gasteiger partial charge in [0, 0.05) is 0 Å². The number of hydrogen-bond donors (Lipinski definition) is 11. The Kier molecular flexibility index (Phi) is 12.1. The summed E-state index contributed by atoms with van der Waals surface area (Å²) in [6.45, 7) is 3.51. The predicted octanol–water partition coefficient (Wildman–Crippen LogP) is -6.14. The van der Waals surface area contributed by atoms with Crippen molar-refractivity contribution in [1.82, 2.24) is 0 Å². The Balaban J connectivity index is 1.59. The fourth-order valence-corrected chi connectivity index (χ4v) is 5.84. The minimum atomic E-state index is -1.93. The Bertz CT molecular complexity index is 973. The second kappa shape index (κ2) is 14.9. The van der Waals surface area contributed by atoms with Gasteiger partial charge < -0.3 is 89.3 Å². The first-order valence-corrected chi connectivity index (χ1v) is 14.7. The smallest absolute Gasteiger partial charge is 0.335 e. The van der Waals surface area contributed by atoms with Gasteiger partial charge in [-0.2, -0.15) is 0 Å². The van der Waals surface area contributed by atoms with Gasteiger partial charge in [0.15, 0.2) is 25.0 Å². The molecule has 262 valence electrons. The van der Waals surface area contributed by atoms with E-state index < -0.39 is 135 Å². The van der Waals surface area contributed by atoms with E-state index in [1.807, 2.05) is 0 Å². The van der Waals surface area contributed by atoms with E-state index in [1.165, 1.54) is 13.8 Å². The number of aliphatic hydroxyl groups excluding tert-OH is 10. The van der Waals surface area contributed by atoms with Gasteiger partial charge in [0.2, 0.25) is 0 Å². The van der Waals surface area contributed by atoms with Crippen LogP contribution in [0.5, 0.6) is 0 Å². The van der Waals surface area contributed by atoms with Gasteiger partial charge in [0.1, 0.15) is 79.4 Å². The predicted molar refractivity (Wildman–Crippen MR) is 140 cm³/mol. The third-order valence-corrected chi connectivity index (χ3v) is 8.62. The summed E-state index contributed by atoms with van der Waals surface area (Å²) in [4.78, 5) is 12.2. The maximum atomic E-state index is 12.2. The van der Waals surface area contributed by atoms with Crippen LogP contribution in [-0.2, 0) is 38.0 Å². The molecular weight excluding hydrogens is 616 g/mol. The molecule has 0 radical (unpaired) electrons. The van der Waals surface area contributed by atoms with E-state index in [0.29, 0.717) is 0 Å². The Morgan fingerprint density at radius 3 is 1.64 bits per heavy atom. The van der Waals surface area contributed by atoms with Gasteiger partial charge >= 0.3 is 5.97 Å². The molecule has 4 heterocycles. The average molecular weight is 661 g/mol. The van der Waals surface area contributed by atoms with Crippen LogP contribution >= 0.6 is 0 Å². The van der Waals surface area contributed by atoms with Crippen LogP contribution in [0.25, 0.3) is 0 Å². The molecule has 20 atom stereocenters. The third-order valence-electron chi connectivity index (χ3n) is 8.62. The number of aliphatic carboxylic acids is 1. The number of hydrogen-bond acceptors (Lipinski definition) is 18. The van der Waals surface area contributed by atoms with Crippen LogP contribution in [0.2, 0.25) is 0 Å². The molecule has 0 aromatic heterocycles. The Morgan fingerprint density at radius 1 is 0.556 bits per heavy atom. The van der Waals surface area contributed by atoms with E-state index in [2.05, 4.69) is 0 Å². The minimum absolute atomic E-state index is 0.170. The van der Waals surface area contributed by atoms with E-state index in [-0.39, 0.29) is 6.42 Å². The molecule has 0 aliphatic carbocycles. The standard InChI is InChI=1S/C26H44O19/c1-4-8-11(29)14(32)17(35)25(41-8)45-21-15(33)12(30)9(5-27)42-26(21)44-20-18(36)19(7(3)39-22(20)23(37)38)43-24-16(34)13(31)10(28)6(2)40-24/h6-22,24-36H,4-5H2,1-3H3,(H,37,38)/t6-,7-,8+,9+,10-,11+,12-,13+,14-,15-,16+,17+,18+,19-,20-,21+,22-,24?,25-,26-/m0/s1. The summed E-state index contributed by atoms with van der Waals surface area (Å²) in [6, 6.07) is 0. The summed E-state index contributed by atoms with van der Waals surface area (Å²) in [5, 5.41) is 114. The van der Waals surface area contributed by atoms with E-state index in [4.69, 9.17) is 33.2 Å². The first kappa shape index (κ1) is 36.6. The second-order valence-corrected chi connectivity index (χ2v) is 11.7. The molecule has 19 heteroatoms. The minimum Gasteiger partial charge on any atom is -0.479 e. The van der Waals surface area contributed by atoms with Crippen molar-refractivity contribution in [3.05, 3.63) is 0 Å². The van der Waals surface area contributed by atoms with Gasteiger partial charge in [-0.1, -0.05) is 6.92 Å². The van der Waals surface area contributed by atoms with Crippen LogP contribution in [0.4, 0.5) is 0 Å². The lowest BCUT2D eigenvalue weighted by Crippen LogP contribution is -2.67. The summed E-state index contributed by atoms with van der Waals surface area (Å²) < 4.78 is 39.3. The Morgan fingerprint density at radius 2 is 1.07 bits per heavy atom. The number of rotatable bonds is 9. The molecule has 0 amide bonds. The van der Waals surface area contributed by atoms with E-state index in [0.717, 1.165) is 0 Å². The first-order valence-electron chi connectivity index (χ1n) is 14.7. The Labute approximate surface area is 257 Å². The molecule has 4 rings (SSSR count). The molecule has 11 N–H and O–H groups in total. The average Bonchev–Trinajstić information content (AvgIpc) is 3.00. The highest BCUT2D eigenvalue weighted by atomic mass is 16.8. The molecule has 0 spiro atoms. The van der Waals surface area contributed by atoms with Crippen molar-refractivity contribution in [1.29, 1.82) is 0 Å². The highest BCUT2D eigenvalue weighted by Crippen LogP contribution is 2.35.